The summed E-state index contributed by atoms with van der Waals surface area (Å²) in [4.78, 5) is 15.2. The minimum atomic E-state index is -3.76. The second kappa shape index (κ2) is 5.37. The standard InChI is InChI=1S/C11H10N2O4S2/c1-17-10(14)8-3-2-4-9(7-8)19(15,16)13-11-12-5-6-18-11/h2-7H,1H3,(H,12,13). The van der Waals surface area contributed by atoms with Crippen LogP contribution in [0, 0.1) is 0 Å². The average molecular weight is 298 g/mol. The molecule has 0 bridgehead atoms. The van der Waals surface area contributed by atoms with Crippen LogP contribution >= 0.6 is 11.3 Å². The summed E-state index contributed by atoms with van der Waals surface area (Å²) >= 11 is 1.17. The molecule has 2 aromatic rings. The lowest BCUT2D eigenvalue weighted by atomic mass is 10.2. The molecule has 0 saturated heterocycles. The molecule has 1 N–H and O–H groups in total. The van der Waals surface area contributed by atoms with E-state index in [1.54, 1.807) is 5.38 Å². The Kier molecular flexibility index (Phi) is 3.82. The van der Waals surface area contributed by atoms with E-state index in [1.165, 1.54) is 48.9 Å². The van der Waals surface area contributed by atoms with Gasteiger partial charge in [0.15, 0.2) is 5.13 Å². The molecule has 1 aromatic heterocycles. The summed E-state index contributed by atoms with van der Waals surface area (Å²) in [5.41, 5.74) is 0.171. The number of carbonyl (C=O) groups excluding carboxylic acids is 1. The second-order valence-corrected chi connectivity index (χ2v) is 6.04. The van der Waals surface area contributed by atoms with Crippen molar-refractivity contribution in [2.24, 2.45) is 0 Å². The van der Waals surface area contributed by atoms with E-state index in [-0.39, 0.29) is 15.6 Å². The second-order valence-electron chi connectivity index (χ2n) is 3.46. The Morgan fingerprint density at radius 1 is 1.42 bits per heavy atom. The highest BCUT2D eigenvalue weighted by Crippen LogP contribution is 2.18. The topological polar surface area (TPSA) is 85.4 Å². The number of esters is 1. The van der Waals surface area contributed by atoms with Crippen LogP contribution in [0.2, 0.25) is 0 Å². The zero-order chi connectivity index (χ0) is 13.9. The van der Waals surface area contributed by atoms with Crippen LogP contribution in [-0.2, 0) is 14.8 Å². The fourth-order valence-electron chi connectivity index (χ4n) is 1.36. The van der Waals surface area contributed by atoms with Crippen LogP contribution in [0.4, 0.5) is 5.13 Å². The molecule has 0 aliphatic heterocycles. The first-order valence-corrected chi connectivity index (χ1v) is 7.50. The van der Waals surface area contributed by atoms with E-state index in [1.807, 2.05) is 0 Å². The van der Waals surface area contributed by atoms with Gasteiger partial charge in [-0.3, -0.25) is 4.72 Å². The maximum absolute atomic E-state index is 12.1. The summed E-state index contributed by atoms with van der Waals surface area (Å²) < 4.78 is 31.0. The van der Waals surface area contributed by atoms with E-state index >= 15 is 0 Å². The van der Waals surface area contributed by atoms with Gasteiger partial charge in [0.1, 0.15) is 0 Å². The van der Waals surface area contributed by atoms with Gasteiger partial charge in [0.2, 0.25) is 0 Å². The molecule has 0 spiro atoms. The summed E-state index contributed by atoms with van der Waals surface area (Å²) in [6.07, 6.45) is 1.49. The smallest absolute Gasteiger partial charge is 0.337 e. The van der Waals surface area contributed by atoms with Gasteiger partial charge in [0, 0.05) is 11.6 Å². The maximum Gasteiger partial charge on any atom is 0.337 e. The molecular weight excluding hydrogens is 288 g/mol. The van der Waals surface area contributed by atoms with Crippen molar-refractivity contribution in [1.29, 1.82) is 0 Å². The molecule has 100 valence electrons. The van der Waals surface area contributed by atoms with Crippen molar-refractivity contribution in [3.05, 3.63) is 41.4 Å². The molecule has 1 aromatic carbocycles. The minimum absolute atomic E-state index is 0.0226. The third-order valence-corrected chi connectivity index (χ3v) is 4.37. The molecule has 0 unspecified atom stereocenters. The lowest BCUT2D eigenvalue weighted by molar-refractivity contribution is 0.0600. The molecule has 0 aliphatic rings. The summed E-state index contributed by atoms with van der Waals surface area (Å²) in [5, 5.41) is 1.92. The number of nitrogens with zero attached hydrogens (tertiary/aromatic N) is 1. The molecule has 0 fully saturated rings. The fourth-order valence-corrected chi connectivity index (χ4v) is 3.19. The molecule has 0 aliphatic carbocycles. The van der Waals surface area contributed by atoms with E-state index in [0.29, 0.717) is 0 Å². The summed E-state index contributed by atoms with van der Waals surface area (Å²) in [7, 11) is -2.52. The molecule has 0 atom stereocenters. The molecule has 1 heterocycles. The Bertz CT molecular complexity index is 680. The van der Waals surface area contributed by atoms with E-state index in [2.05, 4.69) is 14.4 Å². The lowest BCUT2D eigenvalue weighted by Crippen LogP contribution is -2.13. The predicted octanol–water partition coefficient (Wildman–Crippen LogP) is 1.73. The highest BCUT2D eigenvalue weighted by Gasteiger charge is 2.17. The number of carbonyl (C=O) groups is 1. The van der Waals surface area contributed by atoms with Crippen LogP contribution in [0.1, 0.15) is 10.4 Å². The van der Waals surface area contributed by atoms with E-state index in [0.717, 1.165) is 0 Å². The molecule has 19 heavy (non-hydrogen) atoms. The summed E-state index contributed by atoms with van der Waals surface area (Å²) in [6, 6.07) is 5.60. The third-order valence-electron chi connectivity index (χ3n) is 2.22. The monoisotopic (exact) mass is 298 g/mol. The van der Waals surface area contributed by atoms with Crippen molar-refractivity contribution in [3.63, 3.8) is 0 Å². The highest BCUT2D eigenvalue weighted by atomic mass is 32.2. The van der Waals surface area contributed by atoms with Crippen LogP contribution in [0.25, 0.3) is 0 Å². The maximum atomic E-state index is 12.1. The number of nitrogens with one attached hydrogen (secondary N) is 1. The van der Waals surface area contributed by atoms with Crippen molar-refractivity contribution in [3.8, 4) is 0 Å². The van der Waals surface area contributed by atoms with Gasteiger partial charge >= 0.3 is 5.97 Å². The van der Waals surface area contributed by atoms with Gasteiger partial charge in [-0.15, -0.1) is 11.3 Å². The first-order valence-electron chi connectivity index (χ1n) is 5.13. The average Bonchev–Trinajstić information content (AvgIpc) is 2.90. The van der Waals surface area contributed by atoms with Crippen molar-refractivity contribution >= 4 is 32.5 Å². The van der Waals surface area contributed by atoms with Gasteiger partial charge in [-0.1, -0.05) is 6.07 Å². The Balaban J connectivity index is 2.33. The Morgan fingerprint density at radius 2 is 2.21 bits per heavy atom. The van der Waals surface area contributed by atoms with Crippen molar-refractivity contribution in [1.82, 2.24) is 4.98 Å². The number of aromatic nitrogens is 1. The number of thiazole rings is 1. The van der Waals surface area contributed by atoms with E-state index in [9.17, 15) is 13.2 Å². The number of benzene rings is 1. The van der Waals surface area contributed by atoms with Crippen LogP contribution in [0.3, 0.4) is 0 Å². The van der Waals surface area contributed by atoms with Crippen LogP contribution < -0.4 is 4.72 Å². The lowest BCUT2D eigenvalue weighted by Gasteiger charge is -2.06. The highest BCUT2D eigenvalue weighted by molar-refractivity contribution is 7.93. The van der Waals surface area contributed by atoms with Gasteiger partial charge in [-0.25, -0.2) is 18.2 Å². The largest absolute Gasteiger partial charge is 0.465 e. The summed E-state index contributed by atoms with van der Waals surface area (Å²) in [6.45, 7) is 0. The zero-order valence-electron chi connectivity index (χ0n) is 9.86. The summed E-state index contributed by atoms with van der Waals surface area (Å²) in [5.74, 6) is -0.591. The van der Waals surface area contributed by atoms with Gasteiger partial charge in [-0.05, 0) is 18.2 Å². The quantitative estimate of drug-likeness (QED) is 0.869. The van der Waals surface area contributed by atoms with Gasteiger partial charge in [-0.2, -0.15) is 0 Å². The van der Waals surface area contributed by atoms with Crippen LogP contribution in [-0.4, -0.2) is 26.5 Å². The SMILES string of the molecule is COC(=O)c1cccc(S(=O)(=O)Nc2nccs2)c1. The number of sulfonamides is 1. The molecule has 8 heteroatoms. The van der Waals surface area contributed by atoms with Gasteiger partial charge in [0.05, 0.1) is 17.6 Å². The predicted molar refractivity (Wildman–Crippen MR) is 70.7 cm³/mol. The number of hydrogen-bond donors (Lipinski definition) is 1. The Morgan fingerprint density at radius 3 is 2.84 bits per heavy atom. The van der Waals surface area contributed by atoms with Gasteiger partial charge in [0.25, 0.3) is 10.0 Å². The molecule has 2 rings (SSSR count). The molecular formula is C11H10N2O4S2. The van der Waals surface area contributed by atoms with E-state index < -0.39 is 16.0 Å². The normalized spacial score (nSPS) is 11.0. The number of methoxy groups -OCH3 is 1. The zero-order valence-corrected chi connectivity index (χ0v) is 11.5. The molecule has 0 radical (unpaired) electrons. The Hall–Kier alpha value is -1.93. The molecule has 0 amide bonds. The Labute approximate surface area is 114 Å². The van der Waals surface area contributed by atoms with Gasteiger partial charge < -0.3 is 4.74 Å². The minimum Gasteiger partial charge on any atom is -0.465 e. The van der Waals surface area contributed by atoms with Crippen molar-refractivity contribution in [2.45, 2.75) is 4.90 Å². The molecule has 0 saturated carbocycles. The van der Waals surface area contributed by atoms with Crippen LogP contribution in [0.5, 0.6) is 0 Å². The number of ether oxygens (including phenoxy) is 1. The number of anilines is 1. The van der Waals surface area contributed by atoms with E-state index in [4.69, 9.17) is 0 Å². The molecule has 6 nitrogen and oxygen atoms in total. The van der Waals surface area contributed by atoms with Crippen LogP contribution in [0.15, 0.2) is 40.7 Å². The number of hydrogen-bond acceptors (Lipinski definition) is 6. The fraction of sp³-hybridized carbons (Fsp3) is 0.0909. The first kappa shape index (κ1) is 13.5. The van der Waals surface area contributed by atoms with Crippen molar-refractivity contribution < 1.29 is 17.9 Å². The first-order chi connectivity index (χ1) is 9.03. The number of rotatable bonds is 4. The van der Waals surface area contributed by atoms with Crippen molar-refractivity contribution in [2.75, 3.05) is 11.8 Å². The third kappa shape index (κ3) is 3.09.